The molecule has 13 aromatic rings. The Morgan fingerprint density at radius 1 is 0.316 bits per heavy atom. The molecule has 2 bridgehead atoms. The predicted octanol–water partition coefficient (Wildman–Crippen LogP) is 14.6. The zero-order chi connectivity index (χ0) is 50.2. The van der Waals surface area contributed by atoms with Crippen LogP contribution in [0.2, 0.25) is 0 Å². The van der Waals surface area contributed by atoms with Crippen molar-refractivity contribution >= 4 is 50.6 Å². The SMILES string of the molecule is c1ccc(-c2cc(-c3cccc(-c4cccc5c4C4c6ccccc6C5c5cccc([Si](c6ccccc6)(c6ccccc6)c6ccccc6)c54)c3)nc(-c3cccc(-n4c5ccccc5c5ccccc54)c3)n2)cc1. The van der Waals surface area contributed by atoms with Crippen LogP contribution in [0.1, 0.15) is 45.2 Å². The maximum Gasteiger partial charge on any atom is 0.179 e. The fourth-order valence-corrected chi connectivity index (χ4v) is 18.3. The summed E-state index contributed by atoms with van der Waals surface area (Å²) in [5.74, 6) is 0.768. The van der Waals surface area contributed by atoms with Crippen LogP contribution in [-0.2, 0) is 0 Å². The van der Waals surface area contributed by atoms with E-state index in [1.807, 2.05) is 0 Å². The number of para-hydroxylation sites is 2. The van der Waals surface area contributed by atoms with Crippen LogP contribution in [-0.4, -0.2) is 22.6 Å². The van der Waals surface area contributed by atoms with Gasteiger partial charge in [-0.2, -0.15) is 0 Å². The molecule has 3 aliphatic rings. The van der Waals surface area contributed by atoms with Crippen LogP contribution in [0.4, 0.5) is 0 Å². The number of hydrogen-bond acceptors (Lipinski definition) is 2. The maximum atomic E-state index is 5.48. The molecule has 4 heteroatoms. The lowest BCUT2D eigenvalue weighted by molar-refractivity contribution is 0.760. The molecule has 0 aliphatic heterocycles. The molecular formula is C72H49N3Si. The van der Waals surface area contributed by atoms with Crippen molar-refractivity contribution < 1.29 is 0 Å². The molecule has 0 saturated heterocycles. The molecule has 3 aliphatic carbocycles. The van der Waals surface area contributed by atoms with Gasteiger partial charge in [0.2, 0.25) is 0 Å². The number of fused-ring (bicyclic) bond motifs is 3. The minimum absolute atomic E-state index is 0.00224. The Kier molecular flexibility index (Phi) is 10.4. The van der Waals surface area contributed by atoms with Crippen LogP contribution in [0.3, 0.4) is 0 Å². The van der Waals surface area contributed by atoms with Gasteiger partial charge in [0.15, 0.2) is 13.9 Å². The number of nitrogens with zero attached hydrogens (tertiary/aromatic N) is 3. The van der Waals surface area contributed by atoms with E-state index in [-0.39, 0.29) is 11.8 Å². The summed E-state index contributed by atoms with van der Waals surface area (Å²) in [5.41, 5.74) is 19.1. The molecule has 0 spiro atoms. The van der Waals surface area contributed by atoms with Gasteiger partial charge in [-0.15, -0.1) is 0 Å². The van der Waals surface area contributed by atoms with Crippen LogP contribution in [0.15, 0.2) is 285 Å². The topological polar surface area (TPSA) is 30.7 Å². The lowest BCUT2D eigenvalue weighted by Gasteiger charge is -2.47. The molecule has 3 nitrogen and oxygen atoms in total. The maximum absolute atomic E-state index is 5.48. The van der Waals surface area contributed by atoms with Crippen molar-refractivity contribution in [2.24, 2.45) is 0 Å². The number of benzene rings is 11. The van der Waals surface area contributed by atoms with Gasteiger partial charge in [0.25, 0.3) is 0 Å². The van der Waals surface area contributed by atoms with Crippen LogP contribution in [0.5, 0.6) is 0 Å². The Bertz CT molecular complexity index is 4210. The van der Waals surface area contributed by atoms with Gasteiger partial charge in [-0.05, 0) is 102 Å². The Morgan fingerprint density at radius 3 is 1.42 bits per heavy atom. The van der Waals surface area contributed by atoms with Gasteiger partial charge in [0.05, 0.1) is 22.4 Å². The Balaban J connectivity index is 0.912. The molecule has 0 N–H and O–H groups in total. The summed E-state index contributed by atoms with van der Waals surface area (Å²) in [7, 11) is -2.94. The van der Waals surface area contributed by atoms with E-state index in [9.17, 15) is 0 Å². The van der Waals surface area contributed by atoms with Crippen LogP contribution < -0.4 is 20.7 Å². The average molecular weight is 984 g/mol. The van der Waals surface area contributed by atoms with E-state index in [0.29, 0.717) is 5.82 Å². The van der Waals surface area contributed by atoms with Gasteiger partial charge in [-0.25, -0.2) is 9.97 Å². The molecule has 11 aromatic carbocycles. The van der Waals surface area contributed by atoms with E-state index in [4.69, 9.17) is 9.97 Å². The Morgan fingerprint density at radius 2 is 0.776 bits per heavy atom. The molecule has 2 atom stereocenters. The Labute approximate surface area is 443 Å². The highest BCUT2D eigenvalue weighted by Crippen LogP contribution is 2.57. The van der Waals surface area contributed by atoms with Gasteiger partial charge in [0, 0.05) is 45.0 Å². The van der Waals surface area contributed by atoms with Crippen molar-refractivity contribution in [2.75, 3.05) is 0 Å². The molecule has 0 radical (unpaired) electrons. The highest BCUT2D eigenvalue weighted by molar-refractivity contribution is 7.20. The fourth-order valence-electron chi connectivity index (χ4n) is 13.2. The standard InChI is InChI=1S/C72H49N3Si/c1-5-23-48(24-6-1)63-47-64(74-72(73-63)51-27-20-28-52(46-51)75-65-42-17-15-35-57(65)58-36-16-18-43-66(58)75)50-26-19-25-49(45-50)56-39-21-40-61-68-59-37-13-14-38-60(59)71(69(56)61)70-62(68)41-22-44-67(70)76(53-29-7-2-8-30-53,54-31-9-3-10-32-54)55-33-11-4-12-34-55/h1-47,68,71H. The van der Waals surface area contributed by atoms with Gasteiger partial charge >= 0.3 is 0 Å². The monoisotopic (exact) mass is 983 g/mol. The summed E-state index contributed by atoms with van der Waals surface area (Å²) in [6, 6.07) is 106. The zero-order valence-electron chi connectivity index (χ0n) is 41.6. The van der Waals surface area contributed by atoms with E-state index in [2.05, 4.69) is 290 Å². The summed E-state index contributed by atoms with van der Waals surface area (Å²) in [5, 5.41) is 8.07. The van der Waals surface area contributed by atoms with Gasteiger partial charge in [0.1, 0.15) is 0 Å². The highest BCUT2D eigenvalue weighted by Gasteiger charge is 2.49. The molecule has 2 heterocycles. The van der Waals surface area contributed by atoms with E-state index < -0.39 is 8.07 Å². The predicted molar refractivity (Wildman–Crippen MR) is 317 cm³/mol. The molecule has 0 amide bonds. The molecule has 76 heavy (non-hydrogen) atoms. The second-order valence-electron chi connectivity index (χ2n) is 20.3. The van der Waals surface area contributed by atoms with Crippen molar-refractivity contribution in [3.63, 3.8) is 0 Å². The smallest absolute Gasteiger partial charge is 0.179 e. The minimum Gasteiger partial charge on any atom is -0.309 e. The summed E-state index contributed by atoms with van der Waals surface area (Å²) in [4.78, 5) is 10.8. The first-order valence-electron chi connectivity index (χ1n) is 26.4. The number of rotatable bonds is 9. The fraction of sp³-hybridized carbons (Fsp3) is 0.0278. The van der Waals surface area contributed by atoms with Crippen molar-refractivity contribution in [1.29, 1.82) is 0 Å². The van der Waals surface area contributed by atoms with E-state index in [0.717, 1.165) is 33.8 Å². The van der Waals surface area contributed by atoms with Crippen molar-refractivity contribution in [3.05, 3.63) is 318 Å². The average Bonchev–Trinajstić information content (AvgIpc) is 4.01. The third-order valence-electron chi connectivity index (χ3n) is 16.3. The van der Waals surface area contributed by atoms with Gasteiger partial charge in [-0.3, -0.25) is 0 Å². The summed E-state index contributed by atoms with van der Waals surface area (Å²) < 4.78 is 2.36. The van der Waals surface area contributed by atoms with Crippen molar-refractivity contribution in [1.82, 2.24) is 14.5 Å². The van der Waals surface area contributed by atoms with Crippen molar-refractivity contribution in [3.8, 4) is 50.7 Å². The summed E-state index contributed by atoms with van der Waals surface area (Å²) in [6.07, 6.45) is 0. The normalized spacial score (nSPS) is 14.3. The largest absolute Gasteiger partial charge is 0.309 e. The van der Waals surface area contributed by atoms with E-state index in [1.54, 1.807) is 0 Å². The second kappa shape index (κ2) is 17.9. The zero-order valence-corrected chi connectivity index (χ0v) is 42.6. The molecule has 2 aromatic heterocycles. The molecule has 0 fully saturated rings. The second-order valence-corrected chi connectivity index (χ2v) is 24.1. The quantitative estimate of drug-likeness (QED) is 0.107. The minimum atomic E-state index is -2.94. The molecular weight excluding hydrogens is 935 g/mol. The van der Waals surface area contributed by atoms with Crippen molar-refractivity contribution in [2.45, 2.75) is 11.8 Å². The molecule has 2 unspecified atom stereocenters. The van der Waals surface area contributed by atoms with Gasteiger partial charge in [-0.1, -0.05) is 249 Å². The van der Waals surface area contributed by atoms with Crippen LogP contribution >= 0.6 is 0 Å². The molecule has 0 saturated carbocycles. The Hall–Kier alpha value is -9.48. The molecule has 356 valence electrons. The lowest BCUT2D eigenvalue weighted by atomic mass is 9.60. The number of hydrogen-bond donors (Lipinski definition) is 0. The lowest BCUT2D eigenvalue weighted by Crippen LogP contribution is -2.75. The van der Waals surface area contributed by atoms with E-state index >= 15 is 0 Å². The summed E-state index contributed by atoms with van der Waals surface area (Å²) >= 11 is 0. The summed E-state index contributed by atoms with van der Waals surface area (Å²) in [6.45, 7) is 0. The van der Waals surface area contributed by atoms with Gasteiger partial charge < -0.3 is 4.57 Å². The highest BCUT2D eigenvalue weighted by atomic mass is 28.3. The first kappa shape index (κ1) is 44.0. The first-order chi connectivity index (χ1) is 37.7. The third kappa shape index (κ3) is 6.81. The van der Waals surface area contributed by atoms with Crippen LogP contribution in [0, 0.1) is 0 Å². The van der Waals surface area contributed by atoms with Crippen LogP contribution in [0.25, 0.3) is 72.5 Å². The van der Waals surface area contributed by atoms with E-state index in [1.165, 1.54) is 87.1 Å². The number of aromatic nitrogens is 3. The first-order valence-corrected chi connectivity index (χ1v) is 28.4. The molecule has 16 rings (SSSR count). The third-order valence-corrected chi connectivity index (χ3v) is 21.2.